The minimum Gasteiger partial charge on any atom is -0.469 e. The summed E-state index contributed by atoms with van der Waals surface area (Å²) in [5, 5.41) is 0. The summed E-state index contributed by atoms with van der Waals surface area (Å²) in [6, 6.07) is 2.99. The van der Waals surface area contributed by atoms with Crippen LogP contribution in [0.1, 0.15) is 18.4 Å². The van der Waals surface area contributed by atoms with Gasteiger partial charge in [0.05, 0.1) is 13.0 Å². The molecule has 0 heterocycles. The van der Waals surface area contributed by atoms with Crippen LogP contribution >= 0.6 is 0 Å². The third-order valence-corrected chi connectivity index (χ3v) is 1.94. The van der Waals surface area contributed by atoms with E-state index in [1.807, 2.05) is 0 Å². The maximum Gasteiger partial charge on any atom is 0.312 e. The Bertz CT molecular complexity index is 330. The first-order chi connectivity index (χ1) is 6.54. The molecule has 0 aliphatic carbocycles. The molecule has 0 aliphatic heterocycles. The number of benzene rings is 1. The maximum absolute atomic E-state index is 12.8. The van der Waals surface area contributed by atoms with Gasteiger partial charge in [-0.3, -0.25) is 4.79 Å². The van der Waals surface area contributed by atoms with Crippen molar-refractivity contribution >= 4 is 5.97 Å². The van der Waals surface area contributed by atoms with Crippen LogP contribution in [-0.4, -0.2) is 13.1 Å². The lowest BCUT2D eigenvalue weighted by Gasteiger charge is -2.09. The molecular weight excluding hydrogens is 190 g/mol. The van der Waals surface area contributed by atoms with E-state index in [4.69, 9.17) is 0 Å². The zero-order valence-corrected chi connectivity index (χ0v) is 7.88. The molecule has 0 N–H and O–H groups in total. The van der Waals surface area contributed by atoms with Gasteiger partial charge >= 0.3 is 5.97 Å². The number of carbonyl (C=O) groups excluding carboxylic acids is 1. The highest BCUT2D eigenvalue weighted by Gasteiger charge is 2.16. The summed E-state index contributed by atoms with van der Waals surface area (Å²) in [7, 11) is 1.23. The molecule has 0 aliphatic rings. The summed E-state index contributed by atoms with van der Waals surface area (Å²) in [6.45, 7) is 1.53. The average Bonchev–Trinajstić information content (AvgIpc) is 2.14. The molecule has 1 atom stereocenters. The topological polar surface area (TPSA) is 26.3 Å². The van der Waals surface area contributed by atoms with E-state index in [-0.39, 0.29) is 5.56 Å². The highest BCUT2D eigenvalue weighted by atomic mass is 19.1. The highest BCUT2D eigenvalue weighted by molar-refractivity contribution is 5.77. The summed E-state index contributed by atoms with van der Waals surface area (Å²) < 4.78 is 30.0. The first kappa shape index (κ1) is 10.6. The Balaban J connectivity index is 3.00. The number of methoxy groups -OCH3 is 1. The molecule has 0 fully saturated rings. The largest absolute Gasteiger partial charge is 0.469 e. The molecule has 14 heavy (non-hydrogen) atoms. The van der Waals surface area contributed by atoms with Gasteiger partial charge in [0.1, 0.15) is 11.6 Å². The summed E-state index contributed by atoms with van der Waals surface area (Å²) >= 11 is 0. The quantitative estimate of drug-likeness (QED) is 0.684. The van der Waals surface area contributed by atoms with E-state index >= 15 is 0 Å². The monoisotopic (exact) mass is 200 g/mol. The summed E-state index contributed by atoms with van der Waals surface area (Å²) in [5.74, 6) is -2.58. The van der Waals surface area contributed by atoms with Crippen molar-refractivity contribution in [2.75, 3.05) is 7.11 Å². The lowest BCUT2D eigenvalue weighted by Crippen LogP contribution is -2.11. The molecule has 1 aromatic rings. The lowest BCUT2D eigenvalue weighted by molar-refractivity contribution is -0.141. The van der Waals surface area contributed by atoms with Crippen molar-refractivity contribution in [1.82, 2.24) is 0 Å². The van der Waals surface area contributed by atoms with Crippen LogP contribution in [0.25, 0.3) is 0 Å². The van der Waals surface area contributed by atoms with Crippen LogP contribution in [0.2, 0.25) is 0 Å². The molecular formula is C10H10F2O2. The standard InChI is InChI=1S/C10H10F2O2/c1-6(10(13)14-2)7-3-8(11)5-9(12)4-7/h3-6H,1-2H3/t6-/m0/s1. The molecule has 1 aromatic carbocycles. The third-order valence-electron chi connectivity index (χ3n) is 1.94. The smallest absolute Gasteiger partial charge is 0.312 e. The van der Waals surface area contributed by atoms with Crippen molar-refractivity contribution in [3.63, 3.8) is 0 Å². The predicted octanol–water partition coefficient (Wildman–Crippen LogP) is 2.24. The average molecular weight is 200 g/mol. The zero-order chi connectivity index (χ0) is 10.7. The molecule has 0 saturated heterocycles. The van der Waals surface area contributed by atoms with Crippen LogP contribution in [0.5, 0.6) is 0 Å². The SMILES string of the molecule is COC(=O)[C@@H](C)c1cc(F)cc(F)c1. The van der Waals surface area contributed by atoms with E-state index in [9.17, 15) is 13.6 Å². The first-order valence-electron chi connectivity index (χ1n) is 4.08. The molecule has 0 spiro atoms. The second kappa shape index (κ2) is 4.17. The van der Waals surface area contributed by atoms with Crippen molar-refractivity contribution in [2.45, 2.75) is 12.8 Å². The molecule has 0 saturated carbocycles. The van der Waals surface area contributed by atoms with Crippen LogP contribution < -0.4 is 0 Å². The number of hydrogen-bond donors (Lipinski definition) is 0. The van der Waals surface area contributed by atoms with Gasteiger partial charge in [0.15, 0.2) is 0 Å². The van der Waals surface area contributed by atoms with E-state index in [0.717, 1.165) is 18.2 Å². The predicted molar refractivity (Wildman–Crippen MR) is 46.8 cm³/mol. The van der Waals surface area contributed by atoms with E-state index in [2.05, 4.69) is 4.74 Å². The van der Waals surface area contributed by atoms with E-state index in [1.54, 1.807) is 0 Å². The fourth-order valence-corrected chi connectivity index (χ4v) is 1.14. The van der Waals surface area contributed by atoms with Crippen molar-refractivity contribution in [3.8, 4) is 0 Å². The fraction of sp³-hybridized carbons (Fsp3) is 0.300. The number of halogens is 2. The maximum atomic E-state index is 12.8. The van der Waals surface area contributed by atoms with Gasteiger partial charge in [0.25, 0.3) is 0 Å². The van der Waals surface area contributed by atoms with Gasteiger partial charge in [-0.2, -0.15) is 0 Å². The Morgan fingerprint density at radius 3 is 2.21 bits per heavy atom. The Kier molecular flexibility index (Phi) is 3.17. The first-order valence-corrected chi connectivity index (χ1v) is 4.08. The minimum absolute atomic E-state index is 0.273. The third kappa shape index (κ3) is 2.28. The van der Waals surface area contributed by atoms with Crippen LogP contribution in [-0.2, 0) is 9.53 Å². The number of hydrogen-bond acceptors (Lipinski definition) is 2. The molecule has 1 rings (SSSR count). The Hall–Kier alpha value is -1.45. The van der Waals surface area contributed by atoms with E-state index in [1.165, 1.54) is 14.0 Å². The van der Waals surface area contributed by atoms with Gasteiger partial charge in [-0.1, -0.05) is 0 Å². The van der Waals surface area contributed by atoms with Gasteiger partial charge in [-0.25, -0.2) is 8.78 Å². The Morgan fingerprint density at radius 1 is 1.29 bits per heavy atom. The van der Waals surface area contributed by atoms with Gasteiger partial charge < -0.3 is 4.74 Å². The van der Waals surface area contributed by atoms with Gasteiger partial charge in [-0.15, -0.1) is 0 Å². The van der Waals surface area contributed by atoms with Gasteiger partial charge in [-0.05, 0) is 24.6 Å². The number of carbonyl (C=O) groups is 1. The number of rotatable bonds is 2. The summed E-state index contributed by atoms with van der Waals surface area (Å²) in [5.41, 5.74) is 0.273. The molecule has 0 unspecified atom stereocenters. The van der Waals surface area contributed by atoms with Crippen molar-refractivity contribution in [2.24, 2.45) is 0 Å². The van der Waals surface area contributed by atoms with E-state index in [0.29, 0.717) is 0 Å². The molecule has 4 heteroatoms. The molecule has 0 amide bonds. The summed E-state index contributed by atoms with van der Waals surface area (Å²) in [4.78, 5) is 11.1. The fourth-order valence-electron chi connectivity index (χ4n) is 1.14. The highest BCUT2D eigenvalue weighted by Crippen LogP contribution is 2.18. The Labute approximate surface area is 80.5 Å². The van der Waals surface area contributed by atoms with Crippen molar-refractivity contribution in [3.05, 3.63) is 35.4 Å². The molecule has 0 aromatic heterocycles. The molecule has 0 bridgehead atoms. The molecule has 76 valence electrons. The van der Waals surface area contributed by atoms with Crippen LogP contribution in [0.4, 0.5) is 8.78 Å². The minimum atomic E-state index is -0.698. The lowest BCUT2D eigenvalue weighted by atomic mass is 10.0. The van der Waals surface area contributed by atoms with E-state index < -0.39 is 23.5 Å². The Morgan fingerprint density at radius 2 is 1.79 bits per heavy atom. The molecule has 2 nitrogen and oxygen atoms in total. The van der Waals surface area contributed by atoms with Gasteiger partial charge in [0.2, 0.25) is 0 Å². The number of ether oxygens (including phenoxy) is 1. The second-order valence-corrected chi connectivity index (χ2v) is 2.95. The van der Waals surface area contributed by atoms with Crippen LogP contribution in [0.15, 0.2) is 18.2 Å². The number of esters is 1. The van der Waals surface area contributed by atoms with Gasteiger partial charge in [0, 0.05) is 6.07 Å². The summed E-state index contributed by atoms with van der Waals surface area (Å²) in [6.07, 6.45) is 0. The molecule has 0 radical (unpaired) electrons. The second-order valence-electron chi connectivity index (χ2n) is 2.95. The normalized spacial score (nSPS) is 12.3. The van der Waals surface area contributed by atoms with Crippen LogP contribution in [0.3, 0.4) is 0 Å². The zero-order valence-electron chi connectivity index (χ0n) is 7.88. The van der Waals surface area contributed by atoms with Crippen molar-refractivity contribution in [1.29, 1.82) is 0 Å². The van der Waals surface area contributed by atoms with Crippen molar-refractivity contribution < 1.29 is 18.3 Å². The van der Waals surface area contributed by atoms with Crippen LogP contribution in [0, 0.1) is 11.6 Å².